The maximum atomic E-state index is 10.7. The van der Waals surface area contributed by atoms with Gasteiger partial charge in [-0.2, -0.15) is 5.10 Å². The molecule has 3 heterocycles. The highest BCUT2D eigenvalue weighted by molar-refractivity contribution is 5.91. The highest BCUT2D eigenvalue weighted by atomic mass is 16.3. The predicted octanol–water partition coefficient (Wildman–Crippen LogP) is 3.37. The summed E-state index contributed by atoms with van der Waals surface area (Å²) in [6.45, 7) is 1.97. The topological polar surface area (TPSA) is 98.8 Å². The molecule has 5 unspecified atom stereocenters. The maximum Gasteiger partial charge on any atom is 0.153 e. The number of hydrogen-bond acceptors (Lipinski definition) is 6. The molecule has 7 nitrogen and oxygen atoms in total. The second-order valence-electron chi connectivity index (χ2n) is 8.91. The van der Waals surface area contributed by atoms with Gasteiger partial charge in [-0.05, 0) is 62.5 Å². The molecule has 0 spiro atoms. The van der Waals surface area contributed by atoms with Crippen LogP contribution in [0.15, 0.2) is 30.5 Å². The Labute approximate surface area is 163 Å². The van der Waals surface area contributed by atoms with Gasteiger partial charge in [0.2, 0.25) is 0 Å². The zero-order chi connectivity index (χ0) is 18.9. The summed E-state index contributed by atoms with van der Waals surface area (Å²) in [5.74, 6) is 4.06. The summed E-state index contributed by atoms with van der Waals surface area (Å²) in [6.07, 6.45) is 5.85. The molecule has 5 atom stereocenters. The molecule has 0 amide bonds. The van der Waals surface area contributed by atoms with Gasteiger partial charge >= 0.3 is 0 Å². The van der Waals surface area contributed by atoms with E-state index >= 15 is 0 Å². The summed E-state index contributed by atoms with van der Waals surface area (Å²) in [4.78, 5) is 9.42. The second-order valence-corrected chi connectivity index (χ2v) is 8.91. The molecular formula is C21H24N6O. The minimum absolute atomic E-state index is 0.381. The van der Waals surface area contributed by atoms with Crippen LogP contribution in [0.4, 0.5) is 17.5 Å². The van der Waals surface area contributed by atoms with Crippen molar-refractivity contribution in [2.75, 3.05) is 10.6 Å². The molecule has 0 saturated heterocycles. The minimum atomic E-state index is -0.408. The zero-order valence-corrected chi connectivity index (χ0v) is 15.8. The summed E-state index contributed by atoms with van der Waals surface area (Å²) in [6, 6.07) is 8.31. The van der Waals surface area contributed by atoms with Crippen molar-refractivity contribution >= 4 is 28.4 Å². The lowest BCUT2D eigenvalue weighted by molar-refractivity contribution is -0.0140. The first kappa shape index (κ1) is 16.3. The molecule has 4 fully saturated rings. The van der Waals surface area contributed by atoms with Crippen LogP contribution in [0.2, 0.25) is 0 Å². The maximum absolute atomic E-state index is 10.7. The Kier molecular flexibility index (Phi) is 3.30. The summed E-state index contributed by atoms with van der Waals surface area (Å²) >= 11 is 0. The molecule has 0 aliphatic heterocycles. The molecular weight excluding hydrogens is 352 g/mol. The van der Waals surface area contributed by atoms with Gasteiger partial charge in [0.15, 0.2) is 5.82 Å². The molecule has 7 rings (SSSR count). The Hall–Kier alpha value is -2.67. The van der Waals surface area contributed by atoms with Crippen molar-refractivity contribution in [3.63, 3.8) is 0 Å². The first-order valence-electron chi connectivity index (χ1n) is 10.1. The Morgan fingerprint density at radius 2 is 2.07 bits per heavy atom. The van der Waals surface area contributed by atoms with E-state index in [4.69, 9.17) is 4.98 Å². The molecule has 4 bridgehead atoms. The van der Waals surface area contributed by atoms with Gasteiger partial charge in [-0.3, -0.25) is 10.1 Å². The van der Waals surface area contributed by atoms with Crippen LogP contribution in [0.3, 0.4) is 0 Å². The second kappa shape index (κ2) is 5.67. The molecule has 4 N–H and O–H groups in total. The molecule has 28 heavy (non-hydrogen) atoms. The van der Waals surface area contributed by atoms with Crippen LogP contribution in [-0.4, -0.2) is 36.9 Å². The first-order valence-corrected chi connectivity index (χ1v) is 10.1. The Morgan fingerprint density at radius 3 is 2.89 bits per heavy atom. The van der Waals surface area contributed by atoms with Gasteiger partial charge in [0.1, 0.15) is 11.6 Å². The van der Waals surface area contributed by atoms with Gasteiger partial charge in [0, 0.05) is 35.5 Å². The van der Waals surface area contributed by atoms with E-state index in [2.05, 4.69) is 31.9 Å². The van der Waals surface area contributed by atoms with Gasteiger partial charge < -0.3 is 15.7 Å². The number of aromatic amines is 1. The van der Waals surface area contributed by atoms with Gasteiger partial charge in [0.25, 0.3) is 0 Å². The summed E-state index contributed by atoms with van der Waals surface area (Å²) in [5.41, 5.74) is 1.49. The largest absolute Gasteiger partial charge is 0.390 e. The number of anilines is 3. The van der Waals surface area contributed by atoms with E-state index in [-0.39, 0.29) is 0 Å². The smallest absolute Gasteiger partial charge is 0.153 e. The molecule has 0 aromatic carbocycles. The van der Waals surface area contributed by atoms with Crippen molar-refractivity contribution in [1.82, 2.24) is 20.2 Å². The zero-order valence-electron chi connectivity index (χ0n) is 15.8. The van der Waals surface area contributed by atoms with Crippen LogP contribution in [0, 0.1) is 24.7 Å². The third kappa shape index (κ3) is 2.49. The standard InChI is InChI=1S/C21H24N6O/c1-11-5-18(27-26-11)23-17-7-16-14(3-2-4-22-16)20(24-17)25-19-13-6-12-8-21(28,9-13)10-15(12)19/h2-5,7,12-13,15,19,28H,6,8-10H2,1H3,(H3,23,24,25,26,27). The molecule has 7 heteroatoms. The molecule has 3 aromatic rings. The summed E-state index contributed by atoms with van der Waals surface area (Å²) < 4.78 is 0. The third-order valence-corrected chi connectivity index (χ3v) is 6.94. The van der Waals surface area contributed by atoms with E-state index in [1.165, 1.54) is 6.42 Å². The van der Waals surface area contributed by atoms with Gasteiger partial charge in [0.05, 0.1) is 11.1 Å². The normalized spacial score (nSPS) is 32.9. The fourth-order valence-corrected chi connectivity index (χ4v) is 6.00. The number of nitrogens with zero attached hydrogens (tertiary/aromatic N) is 3. The van der Waals surface area contributed by atoms with E-state index in [1.54, 1.807) is 0 Å². The number of nitrogens with one attached hydrogen (secondary N) is 3. The Bertz CT molecular complexity index is 1060. The lowest BCUT2D eigenvalue weighted by atomic mass is 9.76. The molecule has 4 aliphatic carbocycles. The Morgan fingerprint density at radius 1 is 1.18 bits per heavy atom. The fourth-order valence-electron chi connectivity index (χ4n) is 6.00. The van der Waals surface area contributed by atoms with Gasteiger partial charge in [-0.15, -0.1) is 0 Å². The van der Waals surface area contributed by atoms with E-state index in [0.717, 1.165) is 53.3 Å². The van der Waals surface area contributed by atoms with E-state index in [0.29, 0.717) is 23.8 Å². The molecule has 4 aliphatic rings. The highest BCUT2D eigenvalue weighted by Gasteiger charge is 2.60. The lowest BCUT2D eigenvalue weighted by Crippen LogP contribution is -2.43. The van der Waals surface area contributed by atoms with Crippen molar-refractivity contribution in [3.8, 4) is 0 Å². The molecule has 0 radical (unpaired) electrons. The number of aliphatic hydroxyl groups is 1. The third-order valence-electron chi connectivity index (χ3n) is 6.94. The molecule has 144 valence electrons. The van der Waals surface area contributed by atoms with Crippen LogP contribution in [-0.2, 0) is 0 Å². The van der Waals surface area contributed by atoms with Crippen molar-refractivity contribution in [2.45, 2.75) is 44.2 Å². The van der Waals surface area contributed by atoms with Crippen molar-refractivity contribution < 1.29 is 5.11 Å². The van der Waals surface area contributed by atoms with Crippen LogP contribution in [0.5, 0.6) is 0 Å². The SMILES string of the molecule is Cc1cc(Nc2cc3ncccc3c(NC3C4CC5CC(O)(C4)CC53)n2)n[nH]1. The van der Waals surface area contributed by atoms with Crippen molar-refractivity contribution in [3.05, 3.63) is 36.2 Å². The quantitative estimate of drug-likeness (QED) is 0.557. The number of pyridine rings is 2. The van der Waals surface area contributed by atoms with Crippen LogP contribution >= 0.6 is 0 Å². The molecule has 3 aromatic heterocycles. The van der Waals surface area contributed by atoms with Crippen molar-refractivity contribution in [1.29, 1.82) is 0 Å². The lowest BCUT2D eigenvalue weighted by Gasteiger charge is -2.38. The predicted molar refractivity (Wildman–Crippen MR) is 107 cm³/mol. The number of H-pyrrole nitrogens is 1. The number of hydrogen-bond donors (Lipinski definition) is 4. The Balaban J connectivity index is 1.36. The van der Waals surface area contributed by atoms with E-state index < -0.39 is 5.60 Å². The minimum Gasteiger partial charge on any atom is -0.390 e. The van der Waals surface area contributed by atoms with E-state index in [1.807, 2.05) is 31.3 Å². The van der Waals surface area contributed by atoms with Gasteiger partial charge in [-0.25, -0.2) is 4.98 Å². The van der Waals surface area contributed by atoms with E-state index in [9.17, 15) is 5.11 Å². The number of rotatable bonds is 4. The number of aryl methyl sites for hydroxylation is 1. The average Bonchev–Trinajstić information content (AvgIpc) is 3.25. The van der Waals surface area contributed by atoms with Crippen molar-refractivity contribution in [2.24, 2.45) is 17.8 Å². The van der Waals surface area contributed by atoms with Crippen LogP contribution < -0.4 is 10.6 Å². The highest BCUT2D eigenvalue weighted by Crippen LogP contribution is 2.60. The number of aromatic nitrogens is 4. The molecule has 4 saturated carbocycles. The first-order chi connectivity index (χ1) is 13.6. The monoisotopic (exact) mass is 376 g/mol. The number of fused-ring (bicyclic) bond motifs is 1. The summed E-state index contributed by atoms with van der Waals surface area (Å²) in [7, 11) is 0. The summed E-state index contributed by atoms with van der Waals surface area (Å²) in [5, 5.41) is 26.0. The van der Waals surface area contributed by atoms with Gasteiger partial charge in [-0.1, -0.05) is 0 Å². The average molecular weight is 376 g/mol. The fraction of sp³-hybridized carbons (Fsp3) is 0.476. The van der Waals surface area contributed by atoms with Crippen LogP contribution in [0.25, 0.3) is 10.9 Å². The van der Waals surface area contributed by atoms with Crippen LogP contribution in [0.1, 0.15) is 31.4 Å².